The van der Waals surface area contributed by atoms with E-state index in [0.717, 1.165) is 0 Å². The van der Waals surface area contributed by atoms with Crippen LogP contribution in [0.3, 0.4) is 0 Å². The minimum atomic E-state index is -0.0534. The van der Waals surface area contributed by atoms with Crippen molar-refractivity contribution in [3.63, 3.8) is 0 Å². The number of halogens is 2. The van der Waals surface area contributed by atoms with Gasteiger partial charge in [-0.15, -0.1) is 0 Å². The molecule has 0 aliphatic rings. The minimum absolute atomic E-state index is 0.0534. The molecule has 0 fully saturated rings. The number of amides is 2. The number of hydrogen-bond donors (Lipinski definition) is 2. The number of benzene rings is 2. The summed E-state index contributed by atoms with van der Waals surface area (Å²) >= 11 is 4.00. The summed E-state index contributed by atoms with van der Waals surface area (Å²) in [5, 5.41) is 5.50. The van der Waals surface area contributed by atoms with Crippen molar-refractivity contribution in [1.82, 2.24) is 0 Å². The molecule has 0 bridgehead atoms. The first-order valence-electron chi connectivity index (χ1n) is 7.17. The second-order valence-electron chi connectivity index (χ2n) is 4.74. The van der Waals surface area contributed by atoms with Gasteiger partial charge in [0.25, 0.3) is 0 Å². The SMILES string of the molecule is O=C(CI)Nc1ccc(O[B]Oc2ccc(NC(=O)CI)cc2)cc1. The molecule has 0 atom stereocenters. The Morgan fingerprint density at radius 2 is 1.12 bits per heavy atom. The summed E-state index contributed by atoms with van der Waals surface area (Å²) in [5.74, 6) is 1.06. The Morgan fingerprint density at radius 1 is 0.760 bits per heavy atom. The first-order valence-corrected chi connectivity index (χ1v) is 10.2. The molecule has 1 radical (unpaired) electrons. The van der Waals surface area contributed by atoms with Crippen LogP contribution in [0.25, 0.3) is 0 Å². The van der Waals surface area contributed by atoms with Crippen LogP contribution in [0.1, 0.15) is 0 Å². The fourth-order valence-electron chi connectivity index (χ4n) is 1.76. The van der Waals surface area contributed by atoms with Gasteiger partial charge >= 0.3 is 7.69 Å². The van der Waals surface area contributed by atoms with Gasteiger partial charge in [0.15, 0.2) is 0 Å². The molecule has 0 aliphatic heterocycles. The second kappa shape index (κ2) is 10.5. The standard InChI is InChI=1S/C16H14BI2N2O4/c18-9-15(22)20-11-1-5-13(6-2-11)24-17-25-14-7-3-12(4-8-14)21-16(23)10-19/h1-8H,9-10H2,(H,20,22)(H,21,23). The van der Waals surface area contributed by atoms with E-state index in [0.29, 0.717) is 31.7 Å². The average Bonchev–Trinajstić information content (AvgIpc) is 2.64. The summed E-state index contributed by atoms with van der Waals surface area (Å²) in [6.07, 6.45) is 0. The highest BCUT2D eigenvalue weighted by molar-refractivity contribution is 14.1. The van der Waals surface area contributed by atoms with Crippen molar-refractivity contribution < 1.29 is 18.9 Å². The highest BCUT2D eigenvalue weighted by Gasteiger charge is 2.04. The molecular weight excluding hydrogens is 549 g/mol. The van der Waals surface area contributed by atoms with Crippen LogP contribution >= 0.6 is 45.2 Å². The van der Waals surface area contributed by atoms with Crippen LogP contribution in [0, 0.1) is 0 Å². The predicted octanol–water partition coefficient (Wildman–Crippen LogP) is 3.43. The molecule has 2 amide bonds. The summed E-state index contributed by atoms with van der Waals surface area (Å²) in [6.45, 7) is 0. The van der Waals surface area contributed by atoms with Gasteiger partial charge in [-0.2, -0.15) is 0 Å². The molecule has 2 rings (SSSR count). The van der Waals surface area contributed by atoms with Crippen molar-refractivity contribution in [2.45, 2.75) is 0 Å². The number of carbonyl (C=O) groups is 2. The van der Waals surface area contributed by atoms with Crippen LogP contribution in [-0.2, 0) is 9.59 Å². The Morgan fingerprint density at radius 3 is 1.44 bits per heavy atom. The summed E-state index contributed by atoms with van der Waals surface area (Å²) in [5.41, 5.74) is 1.41. The van der Waals surface area contributed by atoms with Crippen molar-refractivity contribution in [3.05, 3.63) is 48.5 Å². The lowest BCUT2D eigenvalue weighted by molar-refractivity contribution is -0.114. The third-order valence-corrected chi connectivity index (χ3v) is 4.27. The van der Waals surface area contributed by atoms with Gasteiger partial charge in [-0.1, -0.05) is 45.2 Å². The fraction of sp³-hybridized carbons (Fsp3) is 0.125. The maximum Gasteiger partial charge on any atom is 0.658 e. The first-order chi connectivity index (χ1) is 12.1. The van der Waals surface area contributed by atoms with Gasteiger partial charge in [0.1, 0.15) is 11.5 Å². The Kier molecular flexibility index (Phi) is 8.32. The van der Waals surface area contributed by atoms with E-state index in [1.165, 1.54) is 7.69 Å². The van der Waals surface area contributed by atoms with Crippen molar-refractivity contribution in [2.24, 2.45) is 0 Å². The summed E-state index contributed by atoms with van der Waals surface area (Å²) < 4.78 is 11.6. The minimum Gasteiger partial charge on any atom is -0.526 e. The third-order valence-electron chi connectivity index (χ3n) is 2.89. The number of alkyl halides is 2. The zero-order valence-electron chi connectivity index (χ0n) is 13.0. The lowest BCUT2D eigenvalue weighted by Gasteiger charge is -2.09. The molecule has 0 saturated heterocycles. The van der Waals surface area contributed by atoms with E-state index in [-0.39, 0.29) is 11.8 Å². The van der Waals surface area contributed by atoms with Crippen LogP contribution in [0.2, 0.25) is 0 Å². The zero-order chi connectivity index (χ0) is 18.1. The van der Waals surface area contributed by atoms with Gasteiger partial charge in [-0.25, -0.2) is 0 Å². The van der Waals surface area contributed by atoms with E-state index >= 15 is 0 Å². The zero-order valence-corrected chi connectivity index (χ0v) is 17.3. The van der Waals surface area contributed by atoms with Gasteiger partial charge in [-0.3, -0.25) is 9.59 Å². The van der Waals surface area contributed by atoms with Gasteiger partial charge in [-0.05, 0) is 48.5 Å². The summed E-state index contributed by atoms with van der Waals surface area (Å²) in [6, 6.07) is 13.9. The first kappa shape index (κ1) is 19.8. The number of rotatable bonds is 8. The molecule has 2 aromatic carbocycles. The maximum absolute atomic E-state index is 11.3. The fourth-order valence-corrected chi connectivity index (χ4v) is 2.14. The van der Waals surface area contributed by atoms with E-state index in [2.05, 4.69) is 10.6 Å². The van der Waals surface area contributed by atoms with Gasteiger partial charge in [0, 0.05) is 11.4 Å². The molecule has 129 valence electrons. The van der Waals surface area contributed by atoms with Gasteiger partial charge < -0.3 is 19.9 Å². The lowest BCUT2D eigenvalue weighted by Crippen LogP contribution is -2.13. The molecule has 0 aliphatic carbocycles. The third kappa shape index (κ3) is 7.10. The Bertz CT molecular complexity index is 650. The van der Waals surface area contributed by atoms with Crippen LogP contribution in [0.5, 0.6) is 11.5 Å². The van der Waals surface area contributed by atoms with Crippen LogP contribution in [0.4, 0.5) is 11.4 Å². The van der Waals surface area contributed by atoms with E-state index in [1.807, 2.05) is 45.2 Å². The molecule has 9 heteroatoms. The van der Waals surface area contributed by atoms with Crippen molar-refractivity contribution >= 4 is 76.1 Å². The van der Waals surface area contributed by atoms with E-state index in [1.54, 1.807) is 48.5 Å². The Hall–Kier alpha value is -1.50. The average molecular weight is 563 g/mol. The van der Waals surface area contributed by atoms with Crippen LogP contribution in [-0.4, -0.2) is 28.4 Å². The lowest BCUT2D eigenvalue weighted by atomic mass is 10.2. The quantitative estimate of drug-likeness (QED) is 0.294. The van der Waals surface area contributed by atoms with Gasteiger partial charge in [0.05, 0.1) is 8.86 Å². The van der Waals surface area contributed by atoms with Gasteiger partial charge in [0.2, 0.25) is 11.8 Å². The normalized spacial score (nSPS) is 9.84. The molecule has 0 spiro atoms. The van der Waals surface area contributed by atoms with E-state index in [9.17, 15) is 9.59 Å². The number of nitrogens with one attached hydrogen (secondary N) is 2. The Labute approximate surface area is 173 Å². The smallest absolute Gasteiger partial charge is 0.526 e. The molecule has 25 heavy (non-hydrogen) atoms. The van der Waals surface area contributed by atoms with Crippen molar-refractivity contribution in [3.8, 4) is 11.5 Å². The highest BCUT2D eigenvalue weighted by Crippen LogP contribution is 2.18. The van der Waals surface area contributed by atoms with Crippen molar-refractivity contribution in [1.29, 1.82) is 0 Å². The Balaban J connectivity index is 1.78. The topological polar surface area (TPSA) is 76.7 Å². The molecular formula is C16H14BI2N2O4. The van der Waals surface area contributed by atoms with E-state index in [4.69, 9.17) is 9.31 Å². The number of anilines is 2. The molecule has 6 nitrogen and oxygen atoms in total. The molecule has 0 saturated carbocycles. The van der Waals surface area contributed by atoms with Crippen LogP contribution < -0.4 is 19.9 Å². The highest BCUT2D eigenvalue weighted by atomic mass is 127. The van der Waals surface area contributed by atoms with Crippen LogP contribution in [0.15, 0.2) is 48.5 Å². The summed E-state index contributed by atoms with van der Waals surface area (Å²) in [4.78, 5) is 22.6. The molecule has 2 N–H and O–H groups in total. The second-order valence-corrected chi connectivity index (χ2v) is 6.27. The maximum atomic E-state index is 11.3. The monoisotopic (exact) mass is 563 g/mol. The summed E-state index contributed by atoms with van der Waals surface area (Å²) in [7, 11) is 1.22. The number of carbonyl (C=O) groups excluding carboxylic acids is 2. The molecule has 0 unspecified atom stereocenters. The predicted molar refractivity (Wildman–Crippen MR) is 115 cm³/mol. The molecule has 0 heterocycles. The largest absolute Gasteiger partial charge is 0.658 e. The molecule has 2 aromatic rings. The number of hydrogen-bond acceptors (Lipinski definition) is 4. The van der Waals surface area contributed by atoms with Crippen molar-refractivity contribution in [2.75, 3.05) is 19.5 Å². The van der Waals surface area contributed by atoms with E-state index < -0.39 is 0 Å². The molecule has 0 aromatic heterocycles.